The maximum absolute atomic E-state index is 12.6. The van der Waals surface area contributed by atoms with E-state index in [0.717, 1.165) is 24.3 Å². The summed E-state index contributed by atoms with van der Waals surface area (Å²) in [5, 5.41) is 0.582. The molecule has 0 radical (unpaired) electrons. The Morgan fingerprint density at radius 2 is 2.23 bits per heavy atom. The van der Waals surface area contributed by atoms with Crippen molar-refractivity contribution in [3.8, 4) is 5.75 Å². The monoisotopic (exact) mass is 319 g/mol. The molecule has 1 aliphatic heterocycles. The molecule has 1 unspecified atom stereocenters. The summed E-state index contributed by atoms with van der Waals surface area (Å²) >= 11 is 5.96. The molecule has 0 spiro atoms. The number of methoxy groups -OCH3 is 1. The summed E-state index contributed by atoms with van der Waals surface area (Å²) < 4.78 is 6.98. The summed E-state index contributed by atoms with van der Waals surface area (Å²) in [4.78, 5) is 18.7. The van der Waals surface area contributed by atoms with Crippen molar-refractivity contribution in [2.45, 2.75) is 12.3 Å². The summed E-state index contributed by atoms with van der Waals surface area (Å²) in [6.45, 7) is 1.43. The molecule has 116 valence electrons. The Morgan fingerprint density at radius 1 is 1.41 bits per heavy atom. The predicted molar refractivity (Wildman–Crippen MR) is 84.5 cm³/mol. The third-order valence-electron chi connectivity index (χ3n) is 4.11. The normalized spacial score (nSPS) is 17.8. The molecule has 22 heavy (non-hydrogen) atoms. The number of carbonyl (C=O) groups excluding carboxylic acids is 1. The van der Waals surface area contributed by atoms with Crippen molar-refractivity contribution in [2.24, 2.45) is 7.05 Å². The highest BCUT2D eigenvalue weighted by molar-refractivity contribution is 6.31. The molecule has 0 aromatic carbocycles. The molecule has 2 aromatic rings. The Balaban J connectivity index is 1.74. The van der Waals surface area contributed by atoms with E-state index in [1.54, 1.807) is 30.1 Å². The van der Waals surface area contributed by atoms with Crippen LogP contribution < -0.4 is 4.74 Å². The molecule has 1 amide bonds. The standard InChI is InChI=1S/C16H18ClN3O2/c1-19-10-13(17)6-15(19)16(21)20-4-3-11(9-20)12-5-14(22-2)8-18-7-12/h5-8,10-11H,3-4,9H2,1-2H3. The largest absolute Gasteiger partial charge is 0.495 e. The Morgan fingerprint density at radius 3 is 2.91 bits per heavy atom. The van der Waals surface area contributed by atoms with Gasteiger partial charge in [0.2, 0.25) is 0 Å². The topological polar surface area (TPSA) is 47.4 Å². The van der Waals surface area contributed by atoms with Crippen LogP contribution in [0.25, 0.3) is 0 Å². The van der Waals surface area contributed by atoms with Crippen molar-refractivity contribution in [3.63, 3.8) is 0 Å². The second kappa shape index (κ2) is 6.01. The lowest BCUT2D eigenvalue weighted by molar-refractivity contribution is 0.0781. The number of ether oxygens (including phenoxy) is 1. The van der Waals surface area contributed by atoms with Gasteiger partial charge in [0.25, 0.3) is 5.91 Å². The molecule has 5 nitrogen and oxygen atoms in total. The fourth-order valence-corrected chi connectivity index (χ4v) is 3.14. The van der Waals surface area contributed by atoms with E-state index in [1.807, 2.05) is 24.2 Å². The molecular weight excluding hydrogens is 302 g/mol. The van der Waals surface area contributed by atoms with E-state index >= 15 is 0 Å². The molecule has 1 atom stereocenters. The van der Waals surface area contributed by atoms with Crippen molar-refractivity contribution in [1.82, 2.24) is 14.5 Å². The van der Waals surface area contributed by atoms with Gasteiger partial charge in [0.05, 0.1) is 18.3 Å². The zero-order valence-electron chi connectivity index (χ0n) is 12.6. The van der Waals surface area contributed by atoms with Crippen LogP contribution in [0.15, 0.2) is 30.7 Å². The number of amides is 1. The minimum atomic E-state index is 0.0211. The van der Waals surface area contributed by atoms with E-state index in [4.69, 9.17) is 16.3 Å². The quantitative estimate of drug-likeness (QED) is 0.874. The summed E-state index contributed by atoms with van der Waals surface area (Å²) in [6, 6.07) is 3.70. The van der Waals surface area contributed by atoms with Crippen molar-refractivity contribution in [1.29, 1.82) is 0 Å². The average Bonchev–Trinajstić information content (AvgIpc) is 3.13. The van der Waals surface area contributed by atoms with Gasteiger partial charge in [0, 0.05) is 38.4 Å². The lowest BCUT2D eigenvalue weighted by Crippen LogP contribution is -2.29. The average molecular weight is 320 g/mol. The minimum Gasteiger partial charge on any atom is -0.495 e. The van der Waals surface area contributed by atoms with Crippen molar-refractivity contribution >= 4 is 17.5 Å². The molecule has 1 saturated heterocycles. The molecule has 3 rings (SSSR count). The summed E-state index contributed by atoms with van der Waals surface area (Å²) in [6.07, 6.45) is 6.21. The molecule has 1 fully saturated rings. The SMILES string of the molecule is COc1cncc(C2CCN(C(=O)c3cc(Cl)cn3C)C2)c1. The molecule has 0 aliphatic carbocycles. The van der Waals surface area contributed by atoms with Crippen LogP contribution in [0.3, 0.4) is 0 Å². The lowest BCUT2D eigenvalue weighted by atomic mass is 10.0. The number of hydrogen-bond donors (Lipinski definition) is 0. The number of aryl methyl sites for hydroxylation is 1. The second-order valence-electron chi connectivity index (χ2n) is 5.55. The van der Waals surface area contributed by atoms with Gasteiger partial charge in [-0.05, 0) is 24.1 Å². The van der Waals surface area contributed by atoms with Crippen LogP contribution in [0.4, 0.5) is 0 Å². The van der Waals surface area contributed by atoms with Gasteiger partial charge < -0.3 is 14.2 Å². The van der Waals surface area contributed by atoms with Gasteiger partial charge in [-0.2, -0.15) is 0 Å². The second-order valence-corrected chi connectivity index (χ2v) is 5.99. The van der Waals surface area contributed by atoms with Crippen LogP contribution in [-0.2, 0) is 7.05 Å². The third-order valence-corrected chi connectivity index (χ3v) is 4.31. The minimum absolute atomic E-state index is 0.0211. The number of pyridine rings is 1. The highest BCUT2D eigenvalue weighted by Gasteiger charge is 2.29. The zero-order chi connectivity index (χ0) is 15.7. The first-order valence-electron chi connectivity index (χ1n) is 7.18. The molecule has 2 aromatic heterocycles. The van der Waals surface area contributed by atoms with Crippen LogP contribution in [-0.4, -0.2) is 40.6 Å². The van der Waals surface area contributed by atoms with Gasteiger partial charge in [0.15, 0.2) is 0 Å². The summed E-state index contributed by atoms with van der Waals surface area (Å²) in [5.74, 6) is 1.06. The molecule has 6 heteroatoms. The predicted octanol–water partition coefficient (Wildman–Crippen LogP) is 2.71. The number of carbonyl (C=O) groups is 1. The summed E-state index contributed by atoms with van der Waals surface area (Å²) in [5.41, 5.74) is 1.73. The van der Waals surface area contributed by atoms with Gasteiger partial charge in [-0.25, -0.2) is 0 Å². The molecule has 0 N–H and O–H groups in total. The van der Waals surface area contributed by atoms with Crippen molar-refractivity contribution < 1.29 is 9.53 Å². The first-order valence-corrected chi connectivity index (χ1v) is 7.56. The zero-order valence-corrected chi connectivity index (χ0v) is 13.4. The highest BCUT2D eigenvalue weighted by Crippen LogP contribution is 2.29. The van der Waals surface area contributed by atoms with E-state index in [1.165, 1.54) is 0 Å². The molecule has 0 bridgehead atoms. The molecule has 0 saturated carbocycles. The third kappa shape index (κ3) is 2.81. The van der Waals surface area contributed by atoms with Crippen LogP contribution >= 0.6 is 11.6 Å². The highest BCUT2D eigenvalue weighted by atomic mass is 35.5. The Bertz CT molecular complexity index is 698. The van der Waals surface area contributed by atoms with Gasteiger partial charge in [-0.1, -0.05) is 11.6 Å². The van der Waals surface area contributed by atoms with Gasteiger partial charge in [-0.15, -0.1) is 0 Å². The van der Waals surface area contributed by atoms with Gasteiger partial charge in [-0.3, -0.25) is 9.78 Å². The van der Waals surface area contributed by atoms with Crippen LogP contribution in [0.2, 0.25) is 5.02 Å². The Labute approximate surface area is 134 Å². The lowest BCUT2D eigenvalue weighted by Gasteiger charge is -2.17. The van der Waals surface area contributed by atoms with Gasteiger partial charge >= 0.3 is 0 Å². The fraction of sp³-hybridized carbons (Fsp3) is 0.375. The molecule has 3 heterocycles. The van der Waals surface area contributed by atoms with Crippen LogP contribution in [0.5, 0.6) is 5.75 Å². The molecular formula is C16H18ClN3O2. The fourth-order valence-electron chi connectivity index (χ4n) is 2.89. The van der Waals surface area contributed by atoms with E-state index in [0.29, 0.717) is 23.2 Å². The van der Waals surface area contributed by atoms with Crippen LogP contribution in [0, 0.1) is 0 Å². The smallest absolute Gasteiger partial charge is 0.270 e. The van der Waals surface area contributed by atoms with Crippen molar-refractivity contribution in [3.05, 3.63) is 47.0 Å². The number of aromatic nitrogens is 2. The number of nitrogens with zero attached hydrogens (tertiary/aromatic N) is 3. The number of hydrogen-bond acceptors (Lipinski definition) is 3. The first-order chi connectivity index (χ1) is 10.6. The number of likely N-dealkylation sites (tertiary alicyclic amines) is 1. The van der Waals surface area contributed by atoms with Crippen LogP contribution in [0.1, 0.15) is 28.4 Å². The van der Waals surface area contributed by atoms with E-state index in [9.17, 15) is 4.79 Å². The first kappa shape index (κ1) is 14.9. The summed E-state index contributed by atoms with van der Waals surface area (Å²) in [7, 11) is 3.46. The maximum Gasteiger partial charge on any atom is 0.270 e. The van der Waals surface area contributed by atoms with E-state index in [-0.39, 0.29) is 5.91 Å². The van der Waals surface area contributed by atoms with Crippen molar-refractivity contribution in [2.75, 3.05) is 20.2 Å². The molecule has 1 aliphatic rings. The Kier molecular flexibility index (Phi) is 4.07. The van der Waals surface area contributed by atoms with Gasteiger partial charge in [0.1, 0.15) is 11.4 Å². The number of halogens is 1. The Hall–Kier alpha value is -2.01. The van der Waals surface area contributed by atoms with E-state index in [2.05, 4.69) is 4.98 Å². The maximum atomic E-state index is 12.6. The van der Waals surface area contributed by atoms with E-state index < -0.39 is 0 Å². The number of rotatable bonds is 3.